The zero-order chi connectivity index (χ0) is 14.1. The molecule has 1 aliphatic heterocycles. The van der Waals surface area contributed by atoms with Gasteiger partial charge in [-0.25, -0.2) is 4.39 Å². The molecule has 1 atom stereocenters. The largest absolute Gasteiger partial charge is 0.370 e. The van der Waals surface area contributed by atoms with Gasteiger partial charge in [-0.15, -0.1) is 10.2 Å². The van der Waals surface area contributed by atoms with E-state index in [1.807, 2.05) is 6.92 Å². The fourth-order valence-electron chi connectivity index (χ4n) is 2.19. The van der Waals surface area contributed by atoms with Crippen LogP contribution >= 0.6 is 22.9 Å². The van der Waals surface area contributed by atoms with Gasteiger partial charge in [-0.2, -0.15) is 0 Å². The number of aryl methyl sites for hydroxylation is 1. The van der Waals surface area contributed by atoms with Crippen LogP contribution in [-0.4, -0.2) is 29.9 Å². The lowest BCUT2D eigenvalue weighted by atomic mass is 10.1. The van der Waals surface area contributed by atoms with Crippen LogP contribution in [0.5, 0.6) is 0 Å². The zero-order valence-corrected chi connectivity index (χ0v) is 12.4. The summed E-state index contributed by atoms with van der Waals surface area (Å²) >= 11 is 7.65. The van der Waals surface area contributed by atoms with Crippen LogP contribution in [0.15, 0.2) is 18.2 Å². The number of aromatic nitrogens is 2. The van der Waals surface area contributed by atoms with E-state index in [-0.39, 0.29) is 11.9 Å². The van der Waals surface area contributed by atoms with Crippen molar-refractivity contribution in [1.29, 1.82) is 0 Å². The lowest BCUT2D eigenvalue weighted by molar-refractivity contribution is 0.0398. The maximum Gasteiger partial charge on any atom is 0.208 e. The minimum atomic E-state index is -0.342. The molecule has 106 valence electrons. The number of nitrogens with zero attached hydrogens (tertiary/aromatic N) is 3. The van der Waals surface area contributed by atoms with Crippen molar-refractivity contribution < 1.29 is 9.13 Å². The molecule has 20 heavy (non-hydrogen) atoms. The van der Waals surface area contributed by atoms with Gasteiger partial charge in [-0.05, 0) is 19.1 Å². The normalized spacial score (nSPS) is 19.4. The molecular formula is C13H13ClFN3OS. The highest BCUT2D eigenvalue weighted by atomic mass is 35.5. The predicted molar refractivity (Wildman–Crippen MR) is 77.0 cm³/mol. The summed E-state index contributed by atoms with van der Waals surface area (Å²) in [7, 11) is 0. The Morgan fingerprint density at radius 1 is 1.45 bits per heavy atom. The summed E-state index contributed by atoms with van der Waals surface area (Å²) in [6.07, 6.45) is -0.180. The van der Waals surface area contributed by atoms with Crippen LogP contribution in [0, 0.1) is 12.7 Å². The standard InChI is InChI=1S/C13H13ClFN3OS/c1-8-16-17-13(20-8)18-4-5-19-12(7-18)10-3-2-9(15)6-11(10)14/h2-3,6,12H,4-5,7H2,1H3. The Balaban J connectivity index is 1.81. The average molecular weight is 314 g/mol. The van der Waals surface area contributed by atoms with Crippen molar-refractivity contribution in [3.8, 4) is 0 Å². The van der Waals surface area contributed by atoms with Gasteiger partial charge in [0.05, 0.1) is 13.2 Å². The Morgan fingerprint density at radius 3 is 3.00 bits per heavy atom. The Morgan fingerprint density at radius 2 is 2.30 bits per heavy atom. The first-order valence-electron chi connectivity index (χ1n) is 6.25. The van der Waals surface area contributed by atoms with Gasteiger partial charge in [0.1, 0.15) is 16.9 Å². The van der Waals surface area contributed by atoms with Crippen LogP contribution in [-0.2, 0) is 4.74 Å². The number of halogens is 2. The van der Waals surface area contributed by atoms with Crippen molar-refractivity contribution in [2.75, 3.05) is 24.6 Å². The topological polar surface area (TPSA) is 38.2 Å². The fourth-order valence-corrected chi connectivity index (χ4v) is 3.20. The van der Waals surface area contributed by atoms with E-state index >= 15 is 0 Å². The van der Waals surface area contributed by atoms with Crippen molar-refractivity contribution in [3.63, 3.8) is 0 Å². The van der Waals surface area contributed by atoms with E-state index in [1.54, 1.807) is 17.4 Å². The highest BCUT2D eigenvalue weighted by Gasteiger charge is 2.25. The van der Waals surface area contributed by atoms with Crippen LogP contribution in [0.1, 0.15) is 16.7 Å². The third kappa shape index (κ3) is 2.77. The molecule has 1 unspecified atom stereocenters. The van der Waals surface area contributed by atoms with Crippen molar-refractivity contribution in [1.82, 2.24) is 10.2 Å². The van der Waals surface area contributed by atoms with Gasteiger partial charge < -0.3 is 9.64 Å². The van der Waals surface area contributed by atoms with Gasteiger partial charge in [-0.1, -0.05) is 29.0 Å². The van der Waals surface area contributed by atoms with Crippen LogP contribution < -0.4 is 4.90 Å². The molecule has 2 aromatic rings. The van der Waals surface area contributed by atoms with E-state index in [9.17, 15) is 4.39 Å². The van der Waals surface area contributed by atoms with Gasteiger partial charge in [0, 0.05) is 17.1 Å². The summed E-state index contributed by atoms with van der Waals surface area (Å²) < 4.78 is 18.9. The number of morpholine rings is 1. The predicted octanol–water partition coefficient (Wildman–Crippen LogP) is 3.22. The van der Waals surface area contributed by atoms with E-state index in [4.69, 9.17) is 16.3 Å². The minimum absolute atomic E-state index is 0.180. The van der Waals surface area contributed by atoms with E-state index < -0.39 is 0 Å². The van der Waals surface area contributed by atoms with Gasteiger partial charge in [0.15, 0.2) is 0 Å². The summed E-state index contributed by atoms with van der Waals surface area (Å²) in [5.74, 6) is -0.342. The molecule has 1 aromatic heterocycles. The molecule has 1 saturated heterocycles. The zero-order valence-electron chi connectivity index (χ0n) is 10.8. The summed E-state index contributed by atoms with van der Waals surface area (Å²) in [6.45, 7) is 3.91. The summed E-state index contributed by atoms with van der Waals surface area (Å²) in [4.78, 5) is 2.12. The second kappa shape index (κ2) is 5.63. The van der Waals surface area contributed by atoms with Crippen LogP contribution in [0.4, 0.5) is 9.52 Å². The summed E-state index contributed by atoms with van der Waals surface area (Å²) in [6, 6.07) is 4.39. The van der Waals surface area contributed by atoms with Crippen molar-refractivity contribution in [2.24, 2.45) is 0 Å². The van der Waals surface area contributed by atoms with E-state index in [1.165, 1.54) is 12.1 Å². The first kappa shape index (κ1) is 13.7. The highest BCUT2D eigenvalue weighted by Crippen LogP contribution is 2.31. The molecule has 1 fully saturated rings. The van der Waals surface area contributed by atoms with Gasteiger partial charge in [-0.3, -0.25) is 0 Å². The molecule has 0 radical (unpaired) electrons. The Bertz CT molecular complexity index is 621. The monoisotopic (exact) mass is 313 g/mol. The Hall–Kier alpha value is -1.24. The Kier molecular flexibility index (Phi) is 3.87. The van der Waals surface area contributed by atoms with E-state index in [2.05, 4.69) is 15.1 Å². The molecule has 2 heterocycles. The SMILES string of the molecule is Cc1nnc(N2CCOC(c3ccc(F)cc3Cl)C2)s1. The smallest absolute Gasteiger partial charge is 0.208 e. The summed E-state index contributed by atoms with van der Waals surface area (Å²) in [5, 5.41) is 10.4. The van der Waals surface area contributed by atoms with Crippen LogP contribution in [0.3, 0.4) is 0 Å². The maximum atomic E-state index is 13.1. The maximum absolute atomic E-state index is 13.1. The number of hydrogen-bond donors (Lipinski definition) is 0. The minimum Gasteiger partial charge on any atom is -0.370 e. The molecule has 4 nitrogen and oxygen atoms in total. The van der Waals surface area contributed by atoms with Gasteiger partial charge >= 0.3 is 0 Å². The molecule has 0 spiro atoms. The van der Waals surface area contributed by atoms with Crippen molar-refractivity contribution in [2.45, 2.75) is 13.0 Å². The molecule has 0 N–H and O–H groups in total. The number of rotatable bonds is 2. The third-order valence-corrected chi connectivity index (χ3v) is 4.39. The molecular weight excluding hydrogens is 301 g/mol. The van der Waals surface area contributed by atoms with Gasteiger partial charge in [0.2, 0.25) is 5.13 Å². The van der Waals surface area contributed by atoms with E-state index in [0.29, 0.717) is 18.2 Å². The molecule has 0 amide bonds. The number of anilines is 1. The van der Waals surface area contributed by atoms with Crippen molar-refractivity contribution >= 4 is 28.1 Å². The molecule has 7 heteroatoms. The molecule has 1 aromatic carbocycles. The molecule has 3 rings (SSSR count). The number of hydrogen-bond acceptors (Lipinski definition) is 5. The quantitative estimate of drug-likeness (QED) is 0.853. The first-order valence-corrected chi connectivity index (χ1v) is 7.44. The summed E-state index contributed by atoms with van der Waals surface area (Å²) in [5.41, 5.74) is 0.805. The van der Waals surface area contributed by atoms with Crippen LogP contribution in [0.25, 0.3) is 0 Å². The molecule has 0 saturated carbocycles. The molecule has 1 aliphatic rings. The second-order valence-corrected chi connectivity index (χ2v) is 6.14. The molecule has 0 aliphatic carbocycles. The number of ether oxygens (including phenoxy) is 1. The fraction of sp³-hybridized carbons (Fsp3) is 0.385. The van der Waals surface area contributed by atoms with Crippen LogP contribution in [0.2, 0.25) is 5.02 Å². The Labute approximate surface area is 125 Å². The van der Waals surface area contributed by atoms with Gasteiger partial charge in [0.25, 0.3) is 0 Å². The lowest BCUT2D eigenvalue weighted by Gasteiger charge is -2.33. The lowest BCUT2D eigenvalue weighted by Crippen LogP contribution is -2.38. The highest BCUT2D eigenvalue weighted by molar-refractivity contribution is 7.15. The van der Waals surface area contributed by atoms with Crippen molar-refractivity contribution in [3.05, 3.63) is 39.6 Å². The molecule has 0 bridgehead atoms. The second-order valence-electron chi connectivity index (χ2n) is 4.57. The third-order valence-electron chi connectivity index (χ3n) is 3.16. The van der Waals surface area contributed by atoms with E-state index in [0.717, 1.165) is 22.2 Å². The first-order chi connectivity index (χ1) is 9.63. The average Bonchev–Trinajstić information content (AvgIpc) is 2.86. The number of benzene rings is 1.